The van der Waals surface area contributed by atoms with Crippen LogP contribution in [0.1, 0.15) is 18.4 Å². The van der Waals surface area contributed by atoms with E-state index < -0.39 is 6.10 Å². The van der Waals surface area contributed by atoms with Crippen LogP contribution in [-0.4, -0.2) is 76.5 Å². The summed E-state index contributed by atoms with van der Waals surface area (Å²) < 4.78 is 1.92. The molecule has 1 aromatic heterocycles. The summed E-state index contributed by atoms with van der Waals surface area (Å²) in [5.74, 6) is 0.990. The zero-order valence-corrected chi connectivity index (χ0v) is 17.2. The van der Waals surface area contributed by atoms with Crippen LogP contribution in [0.25, 0.3) is 5.69 Å². The van der Waals surface area contributed by atoms with Crippen molar-refractivity contribution in [1.82, 2.24) is 24.9 Å². The maximum absolute atomic E-state index is 12.1. The summed E-state index contributed by atoms with van der Waals surface area (Å²) in [6, 6.07) is 10.2. The summed E-state index contributed by atoms with van der Waals surface area (Å²) in [4.78, 5) is 16.5. The monoisotopic (exact) mass is 397 g/mol. The van der Waals surface area contributed by atoms with Crippen LogP contribution in [0.5, 0.6) is 0 Å². The van der Waals surface area contributed by atoms with Crippen LogP contribution in [-0.2, 0) is 11.3 Å². The minimum atomic E-state index is -0.460. The predicted octanol–water partition coefficient (Wildman–Crippen LogP) is 1.12. The number of carbonyl (C=O) groups is 1. The lowest BCUT2D eigenvalue weighted by atomic mass is 9.77. The number of aliphatic hydroxyl groups excluding tert-OH is 1. The molecule has 0 bridgehead atoms. The van der Waals surface area contributed by atoms with E-state index in [4.69, 9.17) is 0 Å². The Morgan fingerprint density at radius 2 is 1.97 bits per heavy atom. The number of benzene rings is 1. The third kappa shape index (κ3) is 4.69. The number of aliphatic hydroxyl groups is 1. The molecule has 1 amide bonds. The predicted molar refractivity (Wildman–Crippen MR) is 112 cm³/mol. The lowest BCUT2D eigenvalue weighted by Gasteiger charge is -2.35. The fraction of sp³-hybridized carbons (Fsp3) is 0.545. The van der Waals surface area contributed by atoms with Gasteiger partial charge in [0.05, 0.1) is 24.4 Å². The fourth-order valence-electron chi connectivity index (χ4n) is 4.87. The summed E-state index contributed by atoms with van der Waals surface area (Å²) >= 11 is 0. The number of carbonyl (C=O) groups excluding carboxylic acids is 1. The molecular formula is C22H31N5O2. The first-order chi connectivity index (χ1) is 14.0. The van der Waals surface area contributed by atoms with Gasteiger partial charge in [0, 0.05) is 32.0 Å². The number of nitrogens with zero attached hydrogens (tertiary/aromatic N) is 4. The Morgan fingerprint density at radius 1 is 1.21 bits per heavy atom. The minimum Gasteiger partial charge on any atom is -0.391 e. The molecule has 1 aliphatic carbocycles. The molecule has 4 rings (SSSR count). The van der Waals surface area contributed by atoms with Gasteiger partial charge in [-0.15, -0.1) is 0 Å². The summed E-state index contributed by atoms with van der Waals surface area (Å²) in [5, 5.41) is 18.0. The summed E-state index contributed by atoms with van der Waals surface area (Å²) in [7, 11) is 3.76. The number of para-hydroxylation sites is 1. The van der Waals surface area contributed by atoms with Crippen molar-refractivity contribution in [3.63, 3.8) is 0 Å². The highest BCUT2D eigenvalue weighted by Gasteiger charge is 2.42. The van der Waals surface area contributed by atoms with Crippen molar-refractivity contribution in [2.75, 3.05) is 33.7 Å². The molecule has 0 unspecified atom stereocenters. The van der Waals surface area contributed by atoms with Gasteiger partial charge in [-0.1, -0.05) is 18.2 Å². The number of hydrogen-bond acceptors (Lipinski definition) is 5. The number of fused-ring (bicyclic) bond motifs is 1. The Morgan fingerprint density at radius 3 is 2.69 bits per heavy atom. The first kappa shape index (κ1) is 20.1. The molecule has 0 radical (unpaired) electrons. The van der Waals surface area contributed by atoms with E-state index >= 15 is 0 Å². The van der Waals surface area contributed by atoms with Gasteiger partial charge in [0.25, 0.3) is 0 Å². The number of amides is 1. The van der Waals surface area contributed by atoms with Gasteiger partial charge < -0.3 is 15.3 Å². The van der Waals surface area contributed by atoms with Crippen molar-refractivity contribution in [2.45, 2.75) is 31.5 Å². The van der Waals surface area contributed by atoms with Crippen LogP contribution in [0.15, 0.2) is 42.7 Å². The summed E-state index contributed by atoms with van der Waals surface area (Å²) in [5.41, 5.74) is 2.37. The number of likely N-dealkylation sites (N-methyl/N-ethyl adjacent to an activating group) is 1. The van der Waals surface area contributed by atoms with Crippen LogP contribution >= 0.6 is 0 Å². The van der Waals surface area contributed by atoms with E-state index in [9.17, 15) is 9.90 Å². The van der Waals surface area contributed by atoms with E-state index in [1.165, 1.54) is 5.56 Å². The second-order valence-corrected chi connectivity index (χ2v) is 8.74. The van der Waals surface area contributed by atoms with Gasteiger partial charge in [0.15, 0.2) is 0 Å². The topological polar surface area (TPSA) is 73.6 Å². The fourth-order valence-corrected chi connectivity index (χ4v) is 4.87. The third-order valence-electron chi connectivity index (χ3n) is 6.16. The lowest BCUT2D eigenvalue weighted by Crippen LogP contribution is -2.51. The highest BCUT2D eigenvalue weighted by atomic mass is 16.3. The molecule has 1 aliphatic heterocycles. The standard InChI is InChI=1S/C22H31N5O2/c1-25(2)15-22(29)24-19-10-17-13-26(14-18(17)11-21(19)28)12-16-6-3-4-7-20(16)27-9-5-8-23-27/h3-9,17-19,21,28H,10-15H2,1-2H3,(H,24,29)/t17-,18+,19-,21-/m0/s1. The van der Waals surface area contributed by atoms with Gasteiger partial charge in [-0.3, -0.25) is 9.69 Å². The van der Waals surface area contributed by atoms with E-state index in [0.29, 0.717) is 18.4 Å². The van der Waals surface area contributed by atoms with Crippen LogP contribution in [0, 0.1) is 11.8 Å². The van der Waals surface area contributed by atoms with Gasteiger partial charge >= 0.3 is 0 Å². The lowest BCUT2D eigenvalue weighted by molar-refractivity contribution is -0.124. The van der Waals surface area contributed by atoms with Gasteiger partial charge in [0.1, 0.15) is 0 Å². The van der Waals surface area contributed by atoms with Crippen molar-refractivity contribution < 1.29 is 9.90 Å². The molecule has 0 spiro atoms. The first-order valence-corrected chi connectivity index (χ1v) is 10.4. The molecule has 7 heteroatoms. The van der Waals surface area contributed by atoms with Crippen LogP contribution in [0.2, 0.25) is 0 Å². The van der Waals surface area contributed by atoms with E-state index in [2.05, 4.69) is 33.5 Å². The molecular weight excluding hydrogens is 366 g/mol. The zero-order chi connectivity index (χ0) is 20.4. The molecule has 2 heterocycles. The Bertz CT molecular complexity index is 822. The van der Waals surface area contributed by atoms with Crippen molar-refractivity contribution in [2.24, 2.45) is 11.8 Å². The normalized spacial score (nSPS) is 27.2. The number of nitrogens with one attached hydrogen (secondary N) is 1. The smallest absolute Gasteiger partial charge is 0.234 e. The highest BCUT2D eigenvalue weighted by Crippen LogP contribution is 2.37. The van der Waals surface area contributed by atoms with Crippen LogP contribution in [0.4, 0.5) is 0 Å². The summed E-state index contributed by atoms with van der Waals surface area (Å²) in [6.45, 7) is 3.23. The molecule has 29 heavy (non-hydrogen) atoms. The van der Waals surface area contributed by atoms with Crippen LogP contribution in [0.3, 0.4) is 0 Å². The second-order valence-electron chi connectivity index (χ2n) is 8.74. The van der Waals surface area contributed by atoms with E-state index in [1.54, 1.807) is 6.20 Å². The maximum atomic E-state index is 12.1. The third-order valence-corrected chi connectivity index (χ3v) is 6.16. The largest absolute Gasteiger partial charge is 0.391 e. The van der Waals surface area contributed by atoms with Crippen molar-refractivity contribution in [3.05, 3.63) is 48.3 Å². The highest BCUT2D eigenvalue weighted by molar-refractivity contribution is 5.78. The molecule has 4 atom stereocenters. The molecule has 7 nitrogen and oxygen atoms in total. The number of aromatic nitrogens is 2. The first-order valence-electron chi connectivity index (χ1n) is 10.4. The van der Waals surface area contributed by atoms with Crippen molar-refractivity contribution in [3.8, 4) is 5.69 Å². The molecule has 2 N–H and O–H groups in total. The van der Waals surface area contributed by atoms with Gasteiger partial charge in [0.2, 0.25) is 5.91 Å². The molecule has 2 aliphatic rings. The molecule has 2 aromatic rings. The van der Waals surface area contributed by atoms with Gasteiger partial charge in [-0.2, -0.15) is 5.10 Å². The quantitative estimate of drug-likeness (QED) is 0.764. The minimum absolute atomic E-state index is 0.0134. The van der Waals surface area contributed by atoms with E-state index in [0.717, 1.165) is 38.2 Å². The molecule has 1 saturated carbocycles. The SMILES string of the molecule is CN(C)CC(=O)N[C@H]1C[C@H]2CN(Cc3ccccc3-n3cccn3)C[C@H]2C[C@@H]1O. The van der Waals surface area contributed by atoms with E-state index in [-0.39, 0.29) is 11.9 Å². The zero-order valence-electron chi connectivity index (χ0n) is 17.2. The Balaban J connectivity index is 1.39. The van der Waals surface area contributed by atoms with Gasteiger partial charge in [-0.05, 0) is 56.5 Å². The maximum Gasteiger partial charge on any atom is 0.234 e. The second kappa shape index (κ2) is 8.65. The van der Waals surface area contributed by atoms with E-state index in [1.807, 2.05) is 42.0 Å². The van der Waals surface area contributed by atoms with Crippen molar-refractivity contribution >= 4 is 5.91 Å². The number of hydrogen-bond donors (Lipinski definition) is 2. The molecule has 1 aromatic carbocycles. The average molecular weight is 398 g/mol. The Hall–Kier alpha value is -2.22. The molecule has 1 saturated heterocycles. The number of likely N-dealkylation sites (tertiary alicyclic amines) is 1. The Labute approximate surface area is 172 Å². The summed E-state index contributed by atoms with van der Waals surface area (Å²) in [6.07, 6.45) is 4.92. The molecule has 156 valence electrons. The number of rotatable bonds is 6. The average Bonchev–Trinajstić information content (AvgIpc) is 3.31. The molecule has 2 fully saturated rings. The van der Waals surface area contributed by atoms with Gasteiger partial charge in [-0.25, -0.2) is 4.68 Å². The van der Waals surface area contributed by atoms with Crippen LogP contribution < -0.4 is 5.32 Å². The Kier molecular flexibility index (Phi) is 5.99. The van der Waals surface area contributed by atoms with Crippen molar-refractivity contribution in [1.29, 1.82) is 0 Å².